The summed E-state index contributed by atoms with van der Waals surface area (Å²) in [5, 5.41) is 5.79. The second-order valence-electron chi connectivity index (χ2n) is 7.78. The number of aryl methyl sites for hydroxylation is 2. The molecule has 174 valence electrons. The fourth-order valence-electron chi connectivity index (χ4n) is 3.61. The number of carbonyl (C=O) groups excluding carboxylic acids is 1. The third-order valence-corrected chi connectivity index (χ3v) is 8.07. The number of benzene rings is 2. The van der Waals surface area contributed by atoms with E-state index in [1.165, 1.54) is 11.6 Å². The quantitative estimate of drug-likeness (QED) is 0.280. The predicted molar refractivity (Wildman–Crippen MR) is 137 cm³/mol. The highest BCUT2D eigenvalue weighted by Crippen LogP contribution is 2.23. The van der Waals surface area contributed by atoms with Crippen molar-refractivity contribution in [1.82, 2.24) is 9.99 Å². The van der Waals surface area contributed by atoms with Crippen LogP contribution in [0.5, 0.6) is 0 Å². The van der Waals surface area contributed by atoms with Crippen molar-refractivity contribution >= 4 is 39.2 Å². The second-order valence-corrected chi connectivity index (χ2v) is 10.6. The molecule has 0 atom stereocenters. The molecule has 0 saturated heterocycles. The van der Waals surface area contributed by atoms with Crippen molar-refractivity contribution in [3.63, 3.8) is 0 Å². The van der Waals surface area contributed by atoms with E-state index in [1.807, 2.05) is 26.8 Å². The van der Waals surface area contributed by atoms with Gasteiger partial charge in [0.1, 0.15) is 4.21 Å². The van der Waals surface area contributed by atoms with E-state index < -0.39 is 15.9 Å². The average Bonchev–Trinajstić information content (AvgIpc) is 3.44. The van der Waals surface area contributed by atoms with Crippen molar-refractivity contribution in [2.75, 3.05) is 4.72 Å². The smallest absolute Gasteiger partial charge is 0.273 e. The van der Waals surface area contributed by atoms with Crippen molar-refractivity contribution in [3.05, 3.63) is 100 Å². The minimum Gasteiger partial charge on any atom is -0.318 e. The van der Waals surface area contributed by atoms with E-state index in [0.717, 1.165) is 34.0 Å². The standard InChI is InChI=1S/C25H24N4O3S2/c1-17-10-12-21(13-11-17)29-18(2)15-20(19(29)3)16-26-27-25(30)22-7-4-5-8-23(22)28-34(31,32)24-9-6-14-33-24/h4-16,28H,1-3H3,(H,27,30)/b26-16+. The monoisotopic (exact) mass is 492 g/mol. The van der Waals surface area contributed by atoms with Gasteiger partial charge in [-0.3, -0.25) is 9.52 Å². The molecule has 2 aromatic heterocycles. The molecule has 2 N–H and O–H groups in total. The van der Waals surface area contributed by atoms with E-state index in [-0.39, 0.29) is 15.5 Å². The number of anilines is 1. The lowest BCUT2D eigenvalue weighted by Gasteiger charge is -2.10. The number of nitrogens with zero attached hydrogens (tertiary/aromatic N) is 2. The molecule has 4 aromatic rings. The maximum atomic E-state index is 12.8. The van der Waals surface area contributed by atoms with E-state index >= 15 is 0 Å². The number of amides is 1. The number of aromatic nitrogens is 1. The van der Waals surface area contributed by atoms with E-state index in [1.54, 1.807) is 41.9 Å². The molecule has 0 unspecified atom stereocenters. The lowest BCUT2D eigenvalue weighted by molar-refractivity contribution is 0.0956. The van der Waals surface area contributed by atoms with E-state index in [9.17, 15) is 13.2 Å². The van der Waals surface area contributed by atoms with Gasteiger partial charge in [0.2, 0.25) is 0 Å². The van der Waals surface area contributed by atoms with Gasteiger partial charge in [0.25, 0.3) is 15.9 Å². The number of hydrogen-bond acceptors (Lipinski definition) is 5. The highest BCUT2D eigenvalue weighted by molar-refractivity contribution is 7.94. The Balaban J connectivity index is 1.51. The molecule has 0 aliphatic rings. The molecular formula is C25H24N4O3S2. The number of thiophene rings is 1. The predicted octanol–water partition coefficient (Wildman–Crippen LogP) is 5.03. The molecule has 0 aliphatic carbocycles. The van der Waals surface area contributed by atoms with Crippen LogP contribution in [0.25, 0.3) is 5.69 Å². The molecule has 2 heterocycles. The Labute approximate surface area is 202 Å². The van der Waals surface area contributed by atoms with E-state index in [0.29, 0.717) is 0 Å². The van der Waals surface area contributed by atoms with Gasteiger partial charge >= 0.3 is 0 Å². The number of carbonyl (C=O) groups is 1. The zero-order valence-corrected chi connectivity index (χ0v) is 20.6. The Morgan fingerprint density at radius 1 is 1.00 bits per heavy atom. The molecule has 0 aliphatic heterocycles. The van der Waals surface area contributed by atoms with Crippen molar-refractivity contribution in [2.24, 2.45) is 5.10 Å². The topological polar surface area (TPSA) is 92.6 Å². The second kappa shape index (κ2) is 9.66. The van der Waals surface area contributed by atoms with Gasteiger partial charge in [-0.05, 0) is 62.5 Å². The summed E-state index contributed by atoms with van der Waals surface area (Å²) in [6.45, 7) is 6.05. The lowest BCUT2D eigenvalue weighted by Crippen LogP contribution is -2.21. The maximum Gasteiger partial charge on any atom is 0.273 e. The Bertz CT molecular complexity index is 1450. The van der Waals surface area contributed by atoms with Gasteiger partial charge in [-0.2, -0.15) is 5.10 Å². The van der Waals surface area contributed by atoms with Crippen molar-refractivity contribution < 1.29 is 13.2 Å². The Morgan fingerprint density at radius 2 is 1.74 bits per heavy atom. The van der Waals surface area contributed by atoms with Crippen LogP contribution in [-0.4, -0.2) is 25.1 Å². The zero-order valence-electron chi connectivity index (χ0n) is 18.9. The van der Waals surface area contributed by atoms with Crippen LogP contribution in [0.1, 0.15) is 32.9 Å². The first kappa shape index (κ1) is 23.5. The summed E-state index contributed by atoms with van der Waals surface area (Å²) < 4.78 is 29.9. The number of nitrogens with one attached hydrogen (secondary N) is 2. The van der Waals surface area contributed by atoms with E-state index in [2.05, 4.69) is 44.1 Å². The number of sulfonamides is 1. The van der Waals surface area contributed by atoms with Crippen LogP contribution in [0.4, 0.5) is 5.69 Å². The molecule has 0 radical (unpaired) electrons. The maximum absolute atomic E-state index is 12.8. The Morgan fingerprint density at radius 3 is 2.44 bits per heavy atom. The molecule has 7 nitrogen and oxygen atoms in total. The van der Waals surface area contributed by atoms with Gasteiger partial charge in [0.15, 0.2) is 0 Å². The van der Waals surface area contributed by atoms with Crippen LogP contribution in [0.15, 0.2) is 81.4 Å². The van der Waals surface area contributed by atoms with Crippen LogP contribution in [0, 0.1) is 20.8 Å². The molecule has 0 bridgehead atoms. The highest BCUT2D eigenvalue weighted by Gasteiger charge is 2.19. The normalized spacial score (nSPS) is 11.6. The van der Waals surface area contributed by atoms with Gasteiger partial charge in [0, 0.05) is 22.6 Å². The first-order valence-electron chi connectivity index (χ1n) is 10.5. The summed E-state index contributed by atoms with van der Waals surface area (Å²) in [7, 11) is -3.78. The number of rotatable bonds is 7. The SMILES string of the molecule is Cc1ccc(-n2c(C)cc(/C=N/NC(=O)c3ccccc3NS(=O)(=O)c3cccs3)c2C)cc1. The third kappa shape index (κ3) is 4.95. The molecule has 34 heavy (non-hydrogen) atoms. The Hall–Kier alpha value is -3.69. The van der Waals surface area contributed by atoms with Crippen LogP contribution in [-0.2, 0) is 10.0 Å². The molecule has 4 rings (SSSR count). The average molecular weight is 493 g/mol. The minimum atomic E-state index is -3.78. The van der Waals surface area contributed by atoms with Crippen molar-refractivity contribution in [1.29, 1.82) is 0 Å². The molecule has 2 aromatic carbocycles. The molecule has 0 fully saturated rings. The summed E-state index contributed by atoms with van der Waals surface area (Å²) in [6.07, 6.45) is 1.59. The summed E-state index contributed by atoms with van der Waals surface area (Å²) in [5.74, 6) is -0.520. The van der Waals surface area contributed by atoms with Gasteiger partial charge in [-0.1, -0.05) is 35.9 Å². The third-order valence-electron chi connectivity index (χ3n) is 5.31. The van der Waals surface area contributed by atoms with Crippen LogP contribution in [0.3, 0.4) is 0 Å². The zero-order chi connectivity index (χ0) is 24.3. The van der Waals surface area contributed by atoms with Crippen LogP contribution < -0.4 is 10.1 Å². The summed E-state index contributed by atoms with van der Waals surface area (Å²) in [4.78, 5) is 12.8. The molecule has 0 spiro atoms. The lowest BCUT2D eigenvalue weighted by atomic mass is 10.2. The fraction of sp³-hybridized carbons (Fsp3) is 0.120. The molecule has 9 heteroatoms. The molecule has 0 saturated carbocycles. The van der Waals surface area contributed by atoms with Gasteiger partial charge in [0.05, 0.1) is 17.5 Å². The van der Waals surface area contributed by atoms with Gasteiger partial charge < -0.3 is 4.57 Å². The first-order valence-corrected chi connectivity index (χ1v) is 12.9. The highest BCUT2D eigenvalue weighted by atomic mass is 32.2. The minimum absolute atomic E-state index is 0.171. The summed E-state index contributed by atoms with van der Waals surface area (Å²) in [5.41, 5.74) is 7.99. The number of hydrazone groups is 1. The van der Waals surface area contributed by atoms with Gasteiger partial charge in [-0.15, -0.1) is 11.3 Å². The molecular weight excluding hydrogens is 468 g/mol. The summed E-state index contributed by atoms with van der Waals surface area (Å²) in [6, 6.07) is 19.8. The largest absolute Gasteiger partial charge is 0.318 e. The van der Waals surface area contributed by atoms with Gasteiger partial charge in [-0.25, -0.2) is 13.8 Å². The van der Waals surface area contributed by atoms with E-state index in [4.69, 9.17) is 0 Å². The van der Waals surface area contributed by atoms with Crippen LogP contribution >= 0.6 is 11.3 Å². The Kier molecular flexibility index (Phi) is 6.67. The first-order chi connectivity index (χ1) is 16.3. The van der Waals surface area contributed by atoms with Crippen molar-refractivity contribution in [3.8, 4) is 5.69 Å². The van der Waals surface area contributed by atoms with Crippen molar-refractivity contribution in [2.45, 2.75) is 25.0 Å². The number of para-hydroxylation sites is 1. The molecule has 1 amide bonds. The number of hydrogen-bond donors (Lipinski definition) is 2. The van der Waals surface area contributed by atoms with Crippen LogP contribution in [0.2, 0.25) is 0 Å². The fourth-order valence-corrected chi connectivity index (χ4v) is 5.68. The summed E-state index contributed by atoms with van der Waals surface area (Å²) >= 11 is 1.10.